The Morgan fingerprint density at radius 3 is 2.91 bits per heavy atom. The molecule has 0 spiro atoms. The SMILES string of the molecule is O=C(NCCOCC1CCCCC1)c1cc2nccnc2s1. The van der Waals surface area contributed by atoms with Crippen LogP contribution in [-0.4, -0.2) is 35.6 Å². The van der Waals surface area contributed by atoms with Crippen LogP contribution in [0.15, 0.2) is 18.5 Å². The number of ether oxygens (including phenoxy) is 1. The van der Waals surface area contributed by atoms with Crippen LogP contribution in [-0.2, 0) is 4.74 Å². The number of fused-ring (bicyclic) bond motifs is 1. The number of rotatable bonds is 6. The summed E-state index contributed by atoms with van der Waals surface area (Å²) in [6.07, 6.45) is 9.88. The van der Waals surface area contributed by atoms with E-state index in [1.165, 1.54) is 43.4 Å². The van der Waals surface area contributed by atoms with E-state index in [2.05, 4.69) is 15.3 Å². The highest BCUT2D eigenvalue weighted by Gasteiger charge is 2.14. The van der Waals surface area contributed by atoms with Gasteiger partial charge >= 0.3 is 0 Å². The fourth-order valence-corrected chi connectivity index (χ4v) is 3.68. The number of hydrogen-bond acceptors (Lipinski definition) is 5. The second-order valence-electron chi connectivity index (χ2n) is 5.69. The molecule has 22 heavy (non-hydrogen) atoms. The van der Waals surface area contributed by atoms with Crippen LogP contribution in [0.3, 0.4) is 0 Å². The minimum absolute atomic E-state index is 0.0777. The van der Waals surface area contributed by atoms with Crippen LogP contribution in [0.2, 0.25) is 0 Å². The zero-order valence-corrected chi connectivity index (χ0v) is 13.4. The Hall–Kier alpha value is -1.53. The average molecular weight is 319 g/mol. The largest absolute Gasteiger partial charge is 0.379 e. The molecule has 1 saturated carbocycles. The van der Waals surface area contributed by atoms with Gasteiger partial charge in [0.25, 0.3) is 5.91 Å². The van der Waals surface area contributed by atoms with Crippen molar-refractivity contribution in [3.05, 3.63) is 23.3 Å². The minimum atomic E-state index is -0.0777. The average Bonchev–Trinajstić information content (AvgIpc) is 2.99. The van der Waals surface area contributed by atoms with Gasteiger partial charge in [0.2, 0.25) is 0 Å². The molecule has 118 valence electrons. The number of hydrogen-bond donors (Lipinski definition) is 1. The van der Waals surface area contributed by atoms with E-state index in [9.17, 15) is 4.79 Å². The Bertz CT molecular complexity index is 590. The summed E-state index contributed by atoms with van der Waals surface area (Å²) in [4.78, 5) is 21.9. The maximum atomic E-state index is 12.1. The summed E-state index contributed by atoms with van der Waals surface area (Å²) in [5.41, 5.74) is 0.770. The Kier molecular flexibility index (Phi) is 5.34. The van der Waals surface area contributed by atoms with Gasteiger partial charge in [0.15, 0.2) is 0 Å². The predicted molar refractivity (Wildman–Crippen MR) is 87.1 cm³/mol. The first-order valence-electron chi connectivity index (χ1n) is 7.89. The summed E-state index contributed by atoms with van der Waals surface area (Å²) < 4.78 is 5.68. The summed E-state index contributed by atoms with van der Waals surface area (Å²) >= 11 is 1.37. The van der Waals surface area contributed by atoms with E-state index in [0.29, 0.717) is 23.9 Å². The highest BCUT2D eigenvalue weighted by molar-refractivity contribution is 7.20. The molecule has 3 rings (SSSR count). The number of nitrogens with zero attached hydrogens (tertiary/aromatic N) is 2. The Morgan fingerprint density at radius 1 is 1.27 bits per heavy atom. The molecule has 0 aliphatic heterocycles. The van der Waals surface area contributed by atoms with Crippen LogP contribution >= 0.6 is 11.3 Å². The molecule has 2 heterocycles. The lowest BCUT2D eigenvalue weighted by atomic mass is 9.90. The quantitative estimate of drug-likeness (QED) is 0.831. The Labute approximate surface area is 134 Å². The molecular weight excluding hydrogens is 298 g/mol. The number of thiophene rings is 1. The van der Waals surface area contributed by atoms with Gasteiger partial charge in [-0.1, -0.05) is 19.3 Å². The Morgan fingerprint density at radius 2 is 2.09 bits per heavy atom. The molecule has 2 aromatic heterocycles. The first-order chi connectivity index (χ1) is 10.8. The van der Waals surface area contributed by atoms with Gasteiger partial charge in [-0.25, -0.2) is 4.98 Å². The summed E-state index contributed by atoms with van der Waals surface area (Å²) in [5.74, 6) is 0.635. The molecule has 1 N–H and O–H groups in total. The second-order valence-corrected chi connectivity index (χ2v) is 6.72. The maximum absolute atomic E-state index is 12.1. The topological polar surface area (TPSA) is 64.1 Å². The number of amides is 1. The number of carbonyl (C=O) groups is 1. The molecule has 6 heteroatoms. The molecule has 0 atom stereocenters. The summed E-state index contributed by atoms with van der Waals surface area (Å²) in [6.45, 7) is 1.94. The van der Waals surface area contributed by atoms with Crippen LogP contribution in [0.5, 0.6) is 0 Å². The van der Waals surface area contributed by atoms with Crippen LogP contribution in [0.1, 0.15) is 41.8 Å². The smallest absolute Gasteiger partial charge is 0.261 e. The van der Waals surface area contributed by atoms with Crippen molar-refractivity contribution in [3.63, 3.8) is 0 Å². The molecule has 2 aromatic rings. The van der Waals surface area contributed by atoms with E-state index in [1.807, 2.05) is 0 Å². The van der Waals surface area contributed by atoms with Crippen molar-refractivity contribution in [3.8, 4) is 0 Å². The molecule has 0 radical (unpaired) electrons. The normalized spacial score (nSPS) is 16.0. The molecular formula is C16H21N3O2S. The van der Waals surface area contributed by atoms with Crippen molar-refractivity contribution in [2.24, 2.45) is 5.92 Å². The Balaban J connectivity index is 1.38. The second kappa shape index (κ2) is 7.65. The zero-order chi connectivity index (χ0) is 15.2. The van der Waals surface area contributed by atoms with Gasteiger partial charge in [-0.15, -0.1) is 11.3 Å². The van der Waals surface area contributed by atoms with Gasteiger partial charge in [0.1, 0.15) is 10.3 Å². The molecule has 0 saturated heterocycles. The summed E-state index contributed by atoms with van der Waals surface area (Å²) in [7, 11) is 0. The van der Waals surface area contributed by atoms with Gasteiger partial charge in [-0.2, -0.15) is 0 Å². The zero-order valence-electron chi connectivity index (χ0n) is 12.6. The summed E-state index contributed by atoms with van der Waals surface area (Å²) in [6, 6.07) is 1.78. The van der Waals surface area contributed by atoms with Crippen LogP contribution < -0.4 is 5.32 Å². The molecule has 0 aromatic carbocycles. The van der Waals surface area contributed by atoms with E-state index in [1.54, 1.807) is 18.5 Å². The molecule has 1 aliphatic carbocycles. The van der Waals surface area contributed by atoms with Gasteiger partial charge in [0, 0.05) is 25.5 Å². The highest BCUT2D eigenvalue weighted by Crippen LogP contribution is 2.23. The maximum Gasteiger partial charge on any atom is 0.261 e. The lowest BCUT2D eigenvalue weighted by molar-refractivity contribution is 0.0797. The van der Waals surface area contributed by atoms with Crippen molar-refractivity contribution >= 4 is 27.6 Å². The van der Waals surface area contributed by atoms with E-state index in [-0.39, 0.29) is 5.91 Å². The van der Waals surface area contributed by atoms with Crippen LogP contribution in [0, 0.1) is 5.92 Å². The third-order valence-electron chi connectivity index (χ3n) is 4.00. The van der Waals surface area contributed by atoms with Gasteiger partial charge in [-0.3, -0.25) is 9.78 Å². The first-order valence-corrected chi connectivity index (χ1v) is 8.71. The summed E-state index contributed by atoms with van der Waals surface area (Å²) in [5, 5.41) is 2.89. The van der Waals surface area contributed by atoms with Crippen molar-refractivity contribution in [1.29, 1.82) is 0 Å². The molecule has 0 bridgehead atoms. The van der Waals surface area contributed by atoms with Crippen LogP contribution in [0.4, 0.5) is 0 Å². The van der Waals surface area contributed by atoms with Gasteiger partial charge in [0.05, 0.1) is 11.5 Å². The number of carbonyl (C=O) groups excluding carboxylic acids is 1. The fourth-order valence-electron chi connectivity index (χ4n) is 2.81. The van der Waals surface area contributed by atoms with Crippen molar-refractivity contribution in [1.82, 2.24) is 15.3 Å². The van der Waals surface area contributed by atoms with Crippen LogP contribution in [0.25, 0.3) is 10.3 Å². The molecule has 1 amide bonds. The predicted octanol–water partition coefficient (Wildman–Crippen LogP) is 3.02. The molecule has 1 aliphatic rings. The van der Waals surface area contributed by atoms with E-state index >= 15 is 0 Å². The van der Waals surface area contributed by atoms with Crippen molar-refractivity contribution in [2.75, 3.05) is 19.8 Å². The minimum Gasteiger partial charge on any atom is -0.379 e. The number of aromatic nitrogens is 2. The standard InChI is InChI=1S/C16H21N3O2S/c20-15(14-10-13-16(22-14)19-7-6-17-13)18-8-9-21-11-12-4-2-1-3-5-12/h6-7,10,12H,1-5,8-9,11H2,(H,18,20). The van der Waals surface area contributed by atoms with Gasteiger partial charge in [-0.05, 0) is 24.8 Å². The third-order valence-corrected chi connectivity index (χ3v) is 5.03. The highest BCUT2D eigenvalue weighted by atomic mass is 32.1. The monoisotopic (exact) mass is 319 g/mol. The van der Waals surface area contributed by atoms with Gasteiger partial charge < -0.3 is 10.1 Å². The lowest BCUT2D eigenvalue weighted by Crippen LogP contribution is -2.27. The van der Waals surface area contributed by atoms with Crippen molar-refractivity contribution in [2.45, 2.75) is 32.1 Å². The van der Waals surface area contributed by atoms with E-state index < -0.39 is 0 Å². The third kappa shape index (κ3) is 4.01. The fraction of sp³-hybridized carbons (Fsp3) is 0.562. The lowest BCUT2D eigenvalue weighted by Gasteiger charge is -2.21. The molecule has 5 nitrogen and oxygen atoms in total. The molecule has 0 unspecified atom stereocenters. The molecule has 1 fully saturated rings. The first kappa shape index (κ1) is 15.4. The van der Waals surface area contributed by atoms with E-state index in [0.717, 1.165) is 17.0 Å². The van der Waals surface area contributed by atoms with Crippen molar-refractivity contribution < 1.29 is 9.53 Å². The number of nitrogens with one attached hydrogen (secondary N) is 1. The van der Waals surface area contributed by atoms with E-state index in [4.69, 9.17) is 4.74 Å².